The van der Waals surface area contributed by atoms with Crippen molar-refractivity contribution in [1.82, 2.24) is 10.3 Å². The minimum absolute atomic E-state index is 0.0960. The molecule has 7 nitrogen and oxygen atoms in total. The number of ether oxygens (including phenoxy) is 2. The zero-order valence-electron chi connectivity index (χ0n) is 16.7. The highest BCUT2D eigenvalue weighted by Crippen LogP contribution is 2.22. The summed E-state index contributed by atoms with van der Waals surface area (Å²) in [6, 6.07) is 15.5. The van der Waals surface area contributed by atoms with Crippen LogP contribution in [0.15, 0.2) is 65.7 Å². The van der Waals surface area contributed by atoms with Crippen molar-refractivity contribution in [2.75, 3.05) is 32.6 Å². The van der Waals surface area contributed by atoms with Crippen LogP contribution in [0.4, 0.5) is 0 Å². The van der Waals surface area contributed by atoms with Gasteiger partial charge in [0.15, 0.2) is 9.84 Å². The summed E-state index contributed by atoms with van der Waals surface area (Å²) in [5.74, 6) is 0.355. The number of carbonyl (C=O) groups is 1. The molecule has 0 bridgehead atoms. The van der Waals surface area contributed by atoms with Crippen molar-refractivity contribution in [1.29, 1.82) is 0 Å². The van der Waals surface area contributed by atoms with Gasteiger partial charge in [-0.3, -0.25) is 9.78 Å². The Morgan fingerprint density at radius 1 is 1.03 bits per heavy atom. The summed E-state index contributed by atoms with van der Waals surface area (Å²) < 4.78 is 34.9. The van der Waals surface area contributed by atoms with Crippen LogP contribution in [0.2, 0.25) is 0 Å². The number of para-hydroxylation sites is 1. The van der Waals surface area contributed by atoms with Crippen LogP contribution in [-0.4, -0.2) is 51.9 Å². The van der Waals surface area contributed by atoms with Crippen LogP contribution in [0.1, 0.15) is 16.8 Å². The molecule has 0 aliphatic carbocycles. The van der Waals surface area contributed by atoms with Gasteiger partial charge >= 0.3 is 0 Å². The second-order valence-electron chi connectivity index (χ2n) is 6.63. The summed E-state index contributed by atoms with van der Waals surface area (Å²) in [6.45, 7) is 0.999. The van der Waals surface area contributed by atoms with Crippen LogP contribution in [0.5, 0.6) is 5.75 Å². The van der Waals surface area contributed by atoms with E-state index < -0.39 is 9.84 Å². The van der Waals surface area contributed by atoms with E-state index in [9.17, 15) is 13.2 Å². The van der Waals surface area contributed by atoms with Gasteiger partial charge in [0.05, 0.1) is 23.9 Å². The SMILES string of the molecule is COCCS(=O)(=O)c1ccc(C(=O)NCCCOc2cccc3cccnc23)cc1. The standard InChI is InChI=1S/C22H24N2O5S/c1-28-15-16-30(26,27)19-10-8-18(9-11-19)22(25)24-13-4-14-29-20-7-2-5-17-6-3-12-23-21(17)20/h2-3,5-12H,4,13-16H2,1H3,(H,24,25). The molecule has 0 aliphatic rings. The third-order valence-corrected chi connectivity index (χ3v) is 6.19. The van der Waals surface area contributed by atoms with Crippen LogP contribution < -0.4 is 10.1 Å². The molecule has 0 radical (unpaired) electrons. The van der Waals surface area contributed by atoms with Gasteiger partial charge in [0, 0.05) is 30.8 Å². The third kappa shape index (κ3) is 5.55. The van der Waals surface area contributed by atoms with Crippen LogP contribution in [0, 0.1) is 0 Å². The molecular formula is C22H24N2O5S. The number of carbonyl (C=O) groups excluding carboxylic acids is 1. The summed E-state index contributed by atoms with van der Waals surface area (Å²) in [4.78, 5) is 16.8. The summed E-state index contributed by atoms with van der Waals surface area (Å²) in [5, 5.41) is 3.82. The van der Waals surface area contributed by atoms with Gasteiger partial charge in [-0.25, -0.2) is 8.42 Å². The summed E-state index contributed by atoms with van der Waals surface area (Å²) in [5.41, 5.74) is 1.21. The predicted molar refractivity (Wildman–Crippen MR) is 115 cm³/mol. The Labute approximate surface area is 176 Å². The third-order valence-electron chi connectivity index (χ3n) is 4.49. The Balaban J connectivity index is 1.46. The Morgan fingerprint density at radius 3 is 2.57 bits per heavy atom. The van der Waals surface area contributed by atoms with Crippen molar-refractivity contribution in [3.05, 3.63) is 66.4 Å². The fourth-order valence-electron chi connectivity index (χ4n) is 2.88. The molecule has 0 spiro atoms. The van der Waals surface area contributed by atoms with E-state index in [4.69, 9.17) is 9.47 Å². The summed E-state index contributed by atoms with van der Waals surface area (Å²) in [7, 11) is -1.96. The van der Waals surface area contributed by atoms with Crippen LogP contribution in [0.25, 0.3) is 10.9 Å². The monoisotopic (exact) mass is 428 g/mol. The molecule has 0 saturated carbocycles. The van der Waals surface area contributed by atoms with E-state index in [1.54, 1.807) is 6.20 Å². The molecule has 30 heavy (non-hydrogen) atoms. The molecule has 158 valence electrons. The molecule has 0 aliphatic heterocycles. The quantitative estimate of drug-likeness (QED) is 0.499. The molecular weight excluding hydrogens is 404 g/mol. The summed E-state index contributed by atoms with van der Waals surface area (Å²) >= 11 is 0. The predicted octanol–water partition coefficient (Wildman–Crippen LogP) is 2.85. The second-order valence-corrected chi connectivity index (χ2v) is 8.73. The number of sulfone groups is 1. The Hall–Kier alpha value is -2.97. The first-order valence-corrected chi connectivity index (χ1v) is 11.2. The number of fused-ring (bicyclic) bond motifs is 1. The first-order chi connectivity index (χ1) is 14.5. The van der Waals surface area contributed by atoms with Gasteiger partial charge in [0.2, 0.25) is 0 Å². The molecule has 0 fully saturated rings. The molecule has 1 heterocycles. The van der Waals surface area contributed by atoms with E-state index in [1.807, 2.05) is 30.3 Å². The molecule has 1 amide bonds. The average molecular weight is 429 g/mol. The number of methoxy groups -OCH3 is 1. The fourth-order valence-corrected chi connectivity index (χ4v) is 4.05. The first-order valence-electron chi connectivity index (χ1n) is 9.58. The zero-order valence-corrected chi connectivity index (χ0v) is 17.5. The minimum atomic E-state index is -3.41. The van der Waals surface area contributed by atoms with Gasteiger partial charge in [0.25, 0.3) is 5.91 Å². The molecule has 0 saturated heterocycles. The van der Waals surface area contributed by atoms with Crippen molar-refractivity contribution < 1.29 is 22.7 Å². The Kier molecular flexibility index (Phi) is 7.37. The van der Waals surface area contributed by atoms with Crippen molar-refractivity contribution in [3.63, 3.8) is 0 Å². The molecule has 0 unspecified atom stereocenters. The lowest BCUT2D eigenvalue weighted by molar-refractivity contribution is 0.0951. The first kappa shape index (κ1) is 21.7. The lowest BCUT2D eigenvalue weighted by atomic mass is 10.2. The number of hydrogen-bond donors (Lipinski definition) is 1. The van der Waals surface area contributed by atoms with Crippen molar-refractivity contribution in [2.45, 2.75) is 11.3 Å². The van der Waals surface area contributed by atoms with Gasteiger partial charge in [-0.15, -0.1) is 0 Å². The normalized spacial score (nSPS) is 11.4. The van der Waals surface area contributed by atoms with Gasteiger partial charge in [0.1, 0.15) is 11.3 Å². The largest absolute Gasteiger partial charge is 0.491 e. The molecule has 1 N–H and O–H groups in total. The molecule has 0 atom stereocenters. The smallest absolute Gasteiger partial charge is 0.251 e. The van der Waals surface area contributed by atoms with Gasteiger partial charge in [-0.2, -0.15) is 0 Å². The van der Waals surface area contributed by atoms with Crippen LogP contribution >= 0.6 is 0 Å². The van der Waals surface area contributed by atoms with E-state index in [0.29, 0.717) is 30.9 Å². The fraction of sp³-hybridized carbons (Fsp3) is 0.273. The highest BCUT2D eigenvalue weighted by molar-refractivity contribution is 7.91. The molecule has 3 rings (SSSR count). The Bertz CT molecular complexity index is 1090. The number of rotatable bonds is 10. The van der Waals surface area contributed by atoms with Crippen LogP contribution in [-0.2, 0) is 14.6 Å². The number of pyridine rings is 1. The van der Waals surface area contributed by atoms with E-state index in [-0.39, 0.29) is 23.2 Å². The van der Waals surface area contributed by atoms with Crippen LogP contribution in [0.3, 0.4) is 0 Å². The lowest BCUT2D eigenvalue weighted by Gasteiger charge is -2.09. The topological polar surface area (TPSA) is 94.6 Å². The number of nitrogens with zero attached hydrogens (tertiary/aromatic N) is 1. The van der Waals surface area contributed by atoms with Crippen molar-refractivity contribution in [3.8, 4) is 5.75 Å². The van der Waals surface area contributed by atoms with E-state index >= 15 is 0 Å². The number of nitrogens with one attached hydrogen (secondary N) is 1. The van der Waals surface area contributed by atoms with E-state index in [0.717, 1.165) is 10.9 Å². The number of amides is 1. The minimum Gasteiger partial charge on any atom is -0.491 e. The zero-order chi connectivity index (χ0) is 21.4. The highest BCUT2D eigenvalue weighted by atomic mass is 32.2. The molecule has 8 heteroatoms. The number of aromatic nitrogens is 1. The summed E-state index contributed by atoms with van der Waals surface area (Å²) in [6.07, 6.45) is 2.35. The lowest BCUT2D eigenvalue weighted by Crippen LogP contribution is -2.25. The molecule has 2 aromatic carbocycles. The Morgan fingerprint density at radius 2 is 1.80 bits per heavy atom. The average Bonchev–Trinajstić information content (AvgIpc) is 2.77. The highest BCUT2D eigenvalue weighted by Gasteiger charge is 2.15. The second kappa shape index (κ2) is 10.2. The van der Waals surface area contributed by atoms with Gasteiger partial charge < -0.3 is 14.8 Å². The van der Waals surface area contributed by atoms with E-state index in [1.165, 1.54) is 31.4 Å². The van der Waals surface area contributed by atoms with Crippen molar-refractivity contribution >= 4 is 26.6 Å². The van der Waals surface area contributed by atoms with Gasteiger partial charge in [-0.05, 0) is 42.8 Å². The molecule has 1 aromatic heterocycles. The van der Waals surface area contributed by atoms with Crippen molar-refractivity contribution in [2.24, 2.45) is 0 Å². The maximum absolute atomic E-state index is 12.3. The number of benzene rings is 2. The molecule has 3 aromatic rings. The maximum Gasteiger partial charge on any atom is 0.251 e. The van der Waals surface area contributed by atoms with Gasteiger partial charge in [-0.1, -0.05) is 18.2 Å². The number of hydrogen-bond acceptors (Lipinski definition) is 6. The van der Waals surface area contributed by atoms with E-state index in [2.05, 4.69) is 10.3 Å². The maximum atomic E-state index is 12.3.